The first kappa shape index (κ1) is 12.4. The van der Waals surface area contributed by atoms with Crippen molar-refractivity contribution in [2.24, 2.45) is 0 Å². The molecular weight excluding hydrogens is 258 g/mol. The molecule has 0 radical (unpaired) electrons. The fourth-order valence-electron chi connectivity index (χ4n) is 1.71. The number of hydrogen-bond acceptors (Lipinski definition) is 7. The maximum Gasteiger partial charge on any atom is 0.259 e. The number of hydrogen-bond donors (Lipinski definition) is 2. The van der Waals surface area contributed by atoms with Crippen LogP contribution in [0.5, 0.6) is 0 Å². The summed E-state index contributed by atoms with van der Waals surface area (Å²) >= 11 is 0. The zero-order chi connectivity index (χ0) is 14.3. The maximum absolute atomic E-state index is 5.88. The Morgan fingerprint density at radius 1 is 1.25 bits per heavy atom. The fourth-order valence-corrected chi connectivity index (χ4v) is 1.71. The standard InChI is InChI=1S/C12H15N7O/c1-12(2,3)17-10-15-9(13)19-11(16-10)14-8(18-19)7-5-4-6-20-7/h4-6H,1-3H3,(H3,13,14,15,16,17,18). The normalized spacial score (nSPS) is 11.9. The molecule has 0 aliphatic rings. The minimum Gasteiger partial charge on any atom is -0.461 e. The molecule has 0 fully saturated rings. The van der Waals surface area contributed by atoms with Crippen molar-refractivity contribution in [1.82, 2.24) is 24.6 Å². The van der Waals surface area contributed by atoms with Crippen LogP contribution in [0.1, 0.15) is 20.8 Å². The first-order chi connectivity index (χ1) is 9.42. The van der Waals surface area contributed by atoms with Gasteiger partial charge in [-0.3, -0.25) is 0 Å². The van der Waals surface area contributed by atoms with E-state index in [1.165, 1.54) is 4.52 Å². The molecule has 8 nitrogen and oxygen atoms in total. The Hall–Kier alpha value is -2.64. The van der Waals surface area contributed by atoms with Gasteiger partial charge in [0.15, 0.2) is 5.76 Å². The zero-order valence-corrected chi connectivity index (χ0v) is 11.5. The Kier molecular flexibility index (Phi) is 2.60. The van der Waals surface area contributed by atoms with Crippen LogP contribution in [-0.2, 0) is 0 Å². The Labute approximate surface area is 115 Å². The molecule has 0 aromatic carbocycles. The summed E-state index contributed by atoms with van der Waals surface area (Å²) in [4.78, 5) is 12.8. The molecule has 3 N–H and O–H groups in total. The van der Waals surface area contributed by atoms with Crippen LogP contribution in [0.4, 0.5) is 11.9 Å². The lowest BCUT2D eigenvalue weighted by Gasteiger charge is -2.20. The molecular formula is C12H15N7O. The van der Waals surface area contributed by atoms with Crippen molar-refractivity contribution >= 4 is 17.7 Å². The molecule has 3 aromatic rings. The summed E-state index contributed by atoms with van der Waals surface area (Å²) in [5.41, 5.74) is 5.71. The zero-order valence-electron chi connectivity index (χ0n) is 11.5. The molecule has 0 atom stereocenters. The number of rotatable bonds is 2. The maximum atomic E-state index is 5.88. The van der Waals surface area contributed by atoms with Gasteiger partial charge in [0, 0.05) is 5.54 Å². The van der Waals surface area contributed by atoms with E-state index in [-0.39, 0.29) is 11.5 Å². The number of nitrogens with two attached hydrogens (primary N) is 1. The predicted molar refractivity (Wildman–Crippen MR) is 74.1 cm³/mol. The van der Waals surface area contributed by atoms with Gasteiger partial charge in [-0.2, -0.15) is 19.5 Å². The van der Waals surface area contributed by atoms with Crippen LogP contribution in [0, 0.1) is 0 Å². The number of nitrogen functional groups attached to an aromatic ring is 1. The van der Waals surface area contributed by atoms with Crippen molar-refractivity contribution in [3.05, 3.63) is 18.4 Å². The van der Waals surface area contributed by atoms with Gasteiger partial charge in [0.25, 0.3) is 5.78 Å². The number of aromatic nitrogens is 5. The second-order valence-corrected chi connectivity index (χ2v) is 5.40. The summed E-state index contributed by atoms with van der Waals surface area (Å²) in [6.45, 7) is 6.03. The van der Waals surface area contributed by atoms with Crippen molar-refractivity contribution in [2.75, 3.05) is 11.1 Å². The number of nitrogens with one attached hydrogen (secondary N) is 1. The monoisotopic (exact) mass is 273 g/mol. The first-order valence-electron chi connectivity index (χ1n) is 6.15. The van der Waals surface area contributed by atoms with Crippen molar-refractivity contribution in [2.45, 2.75) is 26.3 Å². The summed E-state index contributed by atoms with van der Waals surface area (Å²) in [7, 11) is 0. The van der Waals surface area contributed by atoms with E-state index in [1.54, 1.807) is 18.4 Å². The molecule has 0 spiro atoms. The number of fused-ring (bicyclic) bond motifs is 1. The molecule has 3 heterocycles. The molecule has 0 saturated heterocycles. The molecule has 0 aliphatic carbocycles. The third kappa shape index (κ3) is 2.27. The fraction of sp³-hybridized carbons (Fsp3) is 0.333. The molecule has 3 aromatic heterocycles. The van der Waals surface area contributed by atoms with Crippen molar-refractivity contribution in [3.8, 4) is 11.6 Å². The lowest BCUT2D eigenvalue weighted by Crippen LogP contribution is -2.28. The molecule has 0 saturated carbocycles. The number of nitrogens with zero attached hydrogens (tertiary/aromatic N) is 5. The Balaban J connectivity index is 2.08. The van der Waals surface area contributed by atoms with Crippen LogP contribution in [0.3, 0.4) is 0 Å². The lowest BCUT2D eigenvalue weighted by molar-refractivity contribution is 0.577. The van der Waals surface area contributed by atoms with Crippen LogP contribution >= 0.6 is 0 Å². The molecule has 8 heteroatoms. The van der Waals surface area contributed by atoms with Crippen LogP contribution in [0.15, 0.2) is 22.8 Å². The van der Waals surface area contributed by atoms with Crippen molar-refractivity contribution in [1.29, 1.82) is 0 Å². The van der Waals surface area contributed by atoms with Crippen LogP contribution in [-0.4, -0.2) is 30.1 Å². The summed E-state index contributed by atoms with van der Waals surface area (Å²) in [6, 6.07) is 3.54. The van der Waals surface area contributed by atoms with Gasteiger partial charge < -0.3 is 15.5 Å². The molecule has 0 unspecified atom stereocenters. The van der Waals surface area contributed by atoms with Gasteiger partial charge >= 0.3 is 0 Å². The average Bonchev–Trinajstić information content (AvgIpc) is 2.93. The Morgan fingerprint density at radius 2 is 2.05 bits per heavy atom. The highest BCUT2D eigenvalue weighted by Crippen LogP contribution is 2.18. The smallest absolute Gasteiger partial charge is 0.259 e. The SMILES string of the molecule is CC(C)(C)Nc1nc(N)n2nc(-c3ccco3)nc2n1. The van der Waals surface area contributed by atoms with Crippen LogP contribution in [0.25, 0.3) is 17.4 Å². The minimum absolute atomic E-state index is 0.172. The van der Waals surface area contributed by atoms with E-state index in [0.29, 0.717) is 23.3 Å². The average molecular weight is 273 g/mol. The molecule has 0 bridgehead atoms. The molecule has 0 amide bonds. The molecule has 3 rings (SSSR count). The molecule has 104 valence electrons. The highest BCUT2D eigenvalue weighted by molar-refractivity contribution is 5.52. The Bertz CT molecular complexity index is 739. The second kappa shape index (κ2) is 4.19. The van der Waals surface area contributed by atoms with Crippen LogP contribution in [0.2, 0.25) is 0 Å². The van der Waals surface area contributed by atoms with E-state index >= 15 is 0 Å². The largest absolute Gasteiger partial charge is 0.461 e. The lowest BCUT2D eigenvalue weighted by atomic mass is 10.1. The van der Waals surface area contributed by atoms with E-state index in [0.717, 1.165) is 0 Å². The van der Waals surface area contributed by atoms with Gasteiger partial charge in [0.2, 0.25) is 17.7 Å². The highest BCUT2D eigenvalue weighted by Gasteiger charge is 2.16. The van der Waals surface area contributed by atoms with Crippen molar-refractivity contribution < 1.29 is 4.42 Å². The quantitative estimate of drug-likeness (QED) is 0.729. The Morgan fingerprint density at radius 3 is 2.70 bits per heavy atom. The summed E-state index contributed by atoms with van der Waals surface area (Å²) < 4.78 is 6.64. The van der Waals surface area contributed by atoms with Gasteiger partial charge in [-0.1, -0.05) is 0 Å². The van der Waals surface area contributed by atoms with E-state index in [9.17, 15) is 0 Å². The molecule has 0 aliphatic heterocycles. The second-order valence-electron chi connectivity index (χ2n) is 5.40. The third-order valence-corrected chi connectivity index (χ3v) is 2.46. The van der Waals surface area contributed by atoms with E-state index < -0.39 is 0 Å². The van der Waals surface area contributed by atoms with Gasteiger partial charge in [-0.15, -0.1) is 5.10 Å². The van der Waals surface area contributed by atoms with Gasteiger partial charge in [0.1, 0.15) is 0 Å². The first-order valence-corrected chi connectivity index (χ1v) is 6.15. The van der Waals surface area contributed by atoms with E-state index in [2.05, 4.69) is 25.4 Å². The van der Waals surface area contributed by atoms with E-state index in [4.69, 9.17) is 10.2 Å². The topological polar surface area (TPSA) is 107 Å². The third-order valence-electron chi connectivity index (χ3n) is 2.46. The summed E-state index contributed by atoms with van der Waals surface area (Å²) in [6.07, 6.45) is 1.56. The number of furan rings is 1. The van der Waals surface area contributed by atoms with Gasteiger partial charge in [0.05, 0.1) is 6.26 Å². The number of anilines is 2. The minimum atomic E-state index is -0.172. The summed E-state index contributed by atoms with van der Waals surface area (Å²) in [5.74, 6) is 1.98. The van der Waals surface area contributed by atoms with E-state index in [1.807, 2.05) is 20.8 Å². The van der Waals surface area contributed by atoms with Gasteiger partial charge in [-0.25, -0.2) is 0 Å². The predicted octanol–water partition coefficient (Wildman–Crippen LogP) is 1.57. The summed E-state index contributed by atoms with van der Waals surface area (Å²) in [5, 5.41) is 7.38. The van der Waals surface area contributed by atoms with Crippen molar-refractivity contribution in [3.63, 3.8) is 0 Å². The highest BCUT2D eigenvalue weighted by atomic mass is 16.3. The molecule has 20 heavy (non-hydrogen) atoms. The van der Waals surface area contributed by atoms with Crippen LogP contribution < -0.4 is 11.1 Å². The van der Waals surface area contributed by atoms with Gasteiger partial charge in [-0.05, 0) is 32.9 Å².